The van der Waals surface area contributed by atoms with Crippen LogP contribution in [0.1, 0.15) is 23.3 Å². The third kappa shape index (κ3) is 2.77. The molecule has 1 amide bonds. The zero-order valence-corrected chi connectivity index (χ0v) is 11.0. The van der Waals surface area contributed by atoms with Crippen molar-refractivity contribution >= 4 is 16.8 Å². The first kappa shape index (κ1) is 13.0. The number of halogens is 1. The molecule has 0 atom stereocenters. The number of nitrogens with zero attached hydrogens (tertiary/aromatic N) is 1. The van der Waals surface area contributed by atoms with E-state index in [0.717, 1.165) is 25.9 Å². The molecule has 4 nitrogen and oxygen atoms in total. The number of hydrogen-bond donors (Lipinski definition) is 2. The van der Waals surface area contributed by atoms with Gasteiger partial charge in [-0.3, -0.25) is 4.79 Å². The van der Waals surface area contributed by atoms with Gasteiger partial charge in [0.25, 0.3) is 5.91 Å². The summed E-state index contributed by atoms with van der Waals surface area (Å²) in [4.78, 5) is 16.4. The molecule has 2 N–H and O–H groups in total. The lowest BCUT2D eigenvalue weighted by Gasteiger charge is -2.23. The lowest BCUT2D eigenvalue weighted by atomic mass is 10.1. The lowest BCUT2D eigenvalue weighted by Crippen LogP contribution is -2.42. The molecule has 0 aliphatic carbocycles. The van der Waals surface area contributed by atoms with E-state index >= 15 is 0 Å². The molecule has 0 radical (unpaired) electrons. The molecule has 104 valence electrons. The Morgan fingerprint density at radius 3 is 2.85 bits per heavy atom. The second-order valence-electron chi connectivity index (χ2n) is 5.03. The van der Waals surface area contributed by atoms with Crippen molar-refractivity contribution in [1.82, 2.24) is 15.6 Å². The maximum atomic E-state index is 13.1. The fourth-order valence-electron chi connectivity index (χ4n) is 2.45. The molecule has 1 fully saturated rings. The largest absolute Gasteiger partial charge is 0.348 e. The van der Waals surface area contributed by atoms with Gasteiger partial charge < -0.3 is 10.6 Å². The Hall–Kier alpha value is -2.01. The van der Waals surface area contributed by atoms with E-state index in [1.165, 1.54) is 12.1 Å². The fraction of sp³-hybridized carbons (Fsp3) is 0.333. The summed E-state index contributed by atoms with van der Waals surface area (Å²) < 4.78 is 13.1. The van der Waals surface area contributed by atoms with Gasteiger partial charge in [0.05, 0.1) is 5.52 Å². The summed E-state index contributed by atoms with van der Waals surface area (Å²) in [5.41, 5.74) is 1.01. The molecule has 2 aromatic rings. The predicted molar refractivity (Wildman–Crippen MR) is 75.1 cm³/mol. The van der Waals surface area contributed by atoms with Crippen molar-refractivity contribution in [2.75, 3.05) is 13.1 Å². The number of rotatable bonds is 2. The smallest absolute Gasteiger partial charge is 0.270 e. The van der Waals surface area contributed by atoms with Gasteiger partial charge in [0.1, 0.15) is 11.5 Å². The summed E-state index contributed by atoms with van der Waals surface area (Å²) >= 11 is 0. The first-order valence-corrected chi connectivity index (χ1v) is 6.80. The third-order valence-corrected chi connectivity index (χ3v) is 3.56. The van der Waals surface area contributed by atoms with Crippen LogP contribution in [-0.4, -0.2) is 30.0 Å². The monoisotopic (exact) mass is 273 g/mol. The number of piperidine rings is 1. The normalized spacial score (nSPS) is 16.2. The Balaban J connectivity index is 1.78. The highest BCUT2D eigenvalue weighted by Gasteiger charge is 2.17. The topological polar surface area (TPSA) is 54.0 Å². The van der Waals surface area contributed by atoms with Crippen LogP contribution in [0.3, 0.4) is 0 Å². The maximum absolute atomic E-state index is 13.1. The third-order valence-electron chi connectivity index (χ3n) is 3.56. The zero-order chi connectivity index (χ0) is 13.9. The molecule has 1 aliphatic rings. The molecule has 3 rings (SSSR count). The first-order valence-electron chi connectivity index (χ1n) is 6.80. The number of pyridine rings is 1. The second-order valence-corrected chi connectivity index (χ2v) is 5.03. The summed E-state index contributed by atoms with van der Waals surface area (Å²) in [6.45, 7) is 1.85. The Morgan fingerprint density at radius 1 is 1.25 bits per heavy atom. The molecule has 20 heavy (non-hydrogen) atoms. The van der Waals surface area contributed by atoms with E-state index in [4.69, 9.17) is 0 Å². The molecule has 0 unspecified atom stereocenters. The highest BCUT2D eigenvalue weighted by molar-refractivity contribution is 5.95. The van der Waals surface area contributed by atoms with Gasteiger partial charge in [-0.25, -0.2) is 9.37 Å². The number of benzene rings is 1. The average molecular weight is 273 g/mol. The highest BCUT2D eigenvalue weighted by atomic mass is 19.1. The van der Waals surface area contributed by atoms with Crippen molar-refractivity contribution in [2.45, 2.75) is 18.9 Å². The van der Waals surface area contributed by atoms with Gasteiger partial charge in [0.2, 0.25) is 0 Å². The van der Waals surface area contributed by atoms with Crippen molar-refractivity contribution in [3.63, 3.8) is 0 Å². The van der Waals surface area contributed by atoms with Gasteiger partial charge in [-0.1, -0.05) is 6.07 Å². The number of fused-ring (bicyclic) bond motifs is 1. The minimum Gasteiger partial charge on any atom is -0.348 e. The standard InChI is InChI=1S/C15H16FN3O/c16-11-2-4-13-10(9-11)1-3-14(19-13)15(20)18-12-5-7-17-8-6-12/h1-4,9,12,17H,5-8H2,(H,18,20). The molecule has 1 aliphatic heterocycles. The zero-order valence-electron chi connectivity index (χ0n) is 11.0. The molecule has 1 aromatic heterocycles. The summed E-state index contributed by atoms with van der Waals surface area (Å²) in [6.07, 6.45) is 1.87. The SMILES string of the molecule is O=C(NC1CCNCC1)c1ccc2cc(F)ccc2n1. The number of nitrogens with one attached hydrogen (secondary N) is 2. The van der Waals surface area contributed by atoms with E-state index in [0.29, 0.717) is 16.6 Å². The molecular weight excluding hydrogens is 257 g/mol. The predicted octanol–water partition coefficient (Wildman–Crippen LogP) is 1.86. The molecule has 5 heteroatoms. The van der Waals surface area contributed by atoms with Crippen molar-refractivity contribution in [3.8, 4) is 0 Å². The molecule has 0 saturated carbocycles. The van der Waals surface area contributed by atoms with E-state index in [1.54, 1.807) is 18.2 Å². The van der Waals surface area contributed by atoms with Crippen LogP contribution in [0, 0.1) is 5.82 Å². The minimum atomic E-state index is -0.300. The summed E-state index contributed by atoms with van der Waals surface area (Å²) in [5.74, 6) is -0.464. The summed E-state index contributed by atoms with van der Waals surface area (Å²) in [7, 11) is 0. The quantitative estimate of drug-likeness (QED) is 0.878. The Labute approximate surface area is 116 Å². The second kappa shape index (κ2) is 5.54. The van der Waals surface area contributed by atoms with Crippen LogP contribution in [0.2, 0.25) is 0 Å². The van der Waals surface area contributed by atoms with Crippen LogP contribution in [0.5, 0.6) is 0 Å². The van der Waals surface area contributed by atoms with Crippen LogP contribution in [0.15, 0.2) is 30.3 Å². The van der Waals surface area contributed by atoms with E-state index in [-0.39, 0.29) is 17.8 Å². The highest BCUT2D eigenvalue weighted by Crippen LogP contribution is 2.14. The van der Waals surface area contributed by atoms with Crippen LogP contribution >= 0.6 is 0 Å². The van der Waals surface area contributed by atoms with E-state index in [9.17, 15) is 9.18 Å². The van der Waals surface area contributed by atoms with Crippen LogP contribution < -0.4 is 10.6 Å². The van der Waals surface area contributed by atoms with Crippen molar-refractivity contribution in [2.24, 2.45) is 0 Å². The molecular formula is C15H16FN3O. The van der Waals surface area contributed by atoms with Gasteiger partial charge in [-0.2, -0.15) is 0 Å². The van der Waals surface area contributed by atoms with Crippen LogP contribution in [0.25, 0.3) is 10.9 Å². The number of aromatic nitrogens is 1. The maximum Gasteiger partial charge on any atom is 0.270 e. The summed E-state index contributed by atoms with van der Waals surface area (Å²) in [6, 6.07) is 7.92. The molecule has 2 heterocycles. The Kier molecular flexibility index (Phi) is 3.60. The number of carbonyl (C=O) groups excluding carboxylic acids is 1. The van der Waals surface area contributed by atoms with Gasteiger partial charge in [0.15, 0.2) is 0 Å². The van der Waals surface area contributed by atoms with Gasteiger partial charge in [-0.15, -0.1) is 0 Å². The van der Waals surface area contributed by atoms with Crippen LogP contribution in [0.4, 0.5) is 4.39 Å². The van der Waals surface area contributed by atoms with E-state index in [2.05, 4.69) is 15.6 Å². The molecule has 0 bridgehead atoms. The molecule has 1 saturated heterocycles. The lowest BCUT2D eigenvalue weighted by molar-refractivity contribution is 0.0925. The van der Waals surface area contributed by atoms with Gasteiger partial charge >= 0.3 is 0 Å². The Bertz CT molecular complexity index is 638. The van der Waals surface area contributed by atoms with Gasteiger partial charge in [-0.05, 0) is 50.2 Å². The minimum absolute atomic E-state index is 0.164. The van der Waals surface area contributed by atoms with Crippen LogP contribution in [-0.2, 0) is 0 Å². The molecule has 0 spiro atoms. The first-order chi connectivity index (χ1) is 9.72. The number of hydrogen-bond acceptors (Lipinski definition) is 3. The fourth-order valence-corrected chi connectivity index (χ4v) is 2.45. The molecule has 1 aromatic carbocycles. The number of carbonyl (C=O) groups is 1. The average Bonchev–Trinajstić information content (AvgIpc) is 2.47. The van der Waals surface area contributed by atoms with Crippen molar-refractivity contribution in [1.29, 1.82) is 0 Å². The number of amides is 1. The van der Waals surface area contributed by atoms with Crippen molar-refractivity contribution in [3.05, 3.63) is 41.8 Å². The Morgan fingerprint density at radius 2 is 2.05 bits per heavy atom. The van der Waals surface area contributed by atoms with E-state index < -0.39 is 0 Å². The summed E-state index contributed by atoms with van der Waals surface area (Å²) in [5, 5.41) is 6.95. The van der Waals surface area contributed by atoms with Gasteiger partial charge in [0, 0.05) is 11.4 Å². The van der Waals surface area contributed by atoms with Crippen molar-refractivity contribution < 1.29 is 9.18 Å². The van der Waals surface area contributed by atoms with E-state index in [1.807, 2.05) is 0 Å².